The van der Waals surface area contributed by atoms with Crippen molar-refractivity contribution in [3.63, 3.8) is 0 Å². The van der Waals surface area contributed by atoms with Crippen LogP contribution in [-0.2, 0) is 4.74 Å². The lowest BCUT2D eigenvalue weighted by atomic mass is 9.90. The monoisotopic (exact) mass is 344 g/mol. The first-order valence-electron chi connectivity index (χ1n) is 7.50. The van der Waals surface area contributed by atoms with Gasteiger partial charge in [0.2, 0.25) is 0 Å². The van der Waals surface area contributed by atoms with E-state index in [2.05, 4.69) is 0 Å². The fraction of sp³-hybridized carbons (Fsp3) is 0.211. The Kier molecular flexibility index (Phi) is 4.49. The van der Waals surface area contributed by atoms with Crippen LogP contribution in [0, 0.1) is 13.8 Å². The standard InChI is InChI=1S/C19H17ClO4/c1-11-4-8-16(23-11)18(17-9-5-12(2)24-17)14-7-6-13(20)10-15(14)19(21)22-3/h4-10,18H,1-3H3. The van der Waals surface area contributed by atoms with Crippen LogP contribution in [0.1, 0.15) is 44.9 Å². The lowest BCUT2D eigenvalue weighted by Gasteiger charge is -2.16. The van der Waals surface area contributed by atoms with Crippen LogP contribution in [0.2, 0.25) is 5.02 Å². The van der Waals surface area contributed by atoms with Crippen molar-refractivity contribution in [2.45, 2.75) is 19.8 Å². The van der Waals surface area contributed by atoms with E-state index < -0.39 is 5.97 Å². The summed E-state index contributed by atoms with van der Waals surface area (Å²) < 4.78 is 16.5. The van der Waals surface area contributed by atoms with E-state index in [0.29, 0.717) is 22.1 Å². The molecular formula is C19H17ClO4. The molecule has 0 aliphatic heterocycles. The highest BCUT2D eigenvalue weighted by atomic mass is 35.5. The molecule has 0 N–H and O–H groups in total. The van der Waals surface area contributed by atoms with Crippen molar-refractivity contribution in [2.75, 3.05) is 7.11 Å². The molecule has 24 heavy (non-hydrogen) atoms. The molecule has 2 aromatic heterocycles. The molecule has 0 atom stereocenters. The van der Waals surface area contributed by atoms with Crippen molar-refractivity contribution in [2.24, 2.45) is 0 Å². The Morgan fingerprint density at radius 3 is 2.04 bits per heavy atom. The van der Waals surface area contributed by atoms with Crippen molar-refractivity contribution >= 4 is 17.6 Å². The summed E-state index contributed by atoms with van der Waals surface area (Å²) in [5.74, 6) is 2.13. The Labute approximate surface area is 145 Å². The number of carbonyl (C=O) groups is 1. The number of furan rings is 2. The zero-order chi connectivity index (χ0) is 17.3. The number of methoxy groups -OCH3 is 1. The predicted molar refractivity (Wildman–Crippen MR) is 90.6 cm³/mol. The maximum Gasteiger partial charge on any atom is 0.338 e. The van der Waals surface area contributed by atoms with Gasteiger partial charge < -0.3 is 13.6 Å². The number of benzene rings is 1. The number of carbonyl (C=O) groups excluding carboxylic acids is 1. The molecule has 124 valence electrons. The zero-order valence-electron chi connectivity index (χ0n) is 13.6. The van der Waals surface area contributed by atoms with Crippen molar-refractivity contribution in [3.8, 4) is 0 Å². The summed E-state index contributed by atoms with van der Waals surface area (Å²) in [6.45, 7) is 3.74. The topological polar surface area (TPSA) is 52.6 Å². The number of ether oxygens (including phenoxy) is 1. The summed E-state index contributed by atoms with van der Waals surface area (Å²) in [4.78, 5) is 12.2. The minimum absolute atomic E-state index is 0.362. The molecule has 5 heteroatoms. The Bertz CT molecular complexity index is 835. The Morgan fingerprint density at radius 1 is 1.00 bits per heavy atom. The van der Waals surface area contributed by atoms with Gasteiger partial charge in [-0.05, 0) is 55.8 Å². The van der Waals surface area contributed by atoms with E-state index in [1.54, 1.807) is 18.2 Å². The van der Waals surface area contributed by atoms with Crippen LogP contribution in [0.15, 0.2) is 51.3 Å². The fourth-order valence-corrected chi connectivity index (χ4v) is 2.90. The maximum absolute atomic E-state index is 12.2. The van der Waals surface area contributed by atoms with E-state index in [-0.39, 0.29) is 5.92 Å². The third-order valence-corrected chi connectivity index (χ3v) is 4.06. The summed E-state index contributed by atoms with van der Waals surface area (Å²) in [6, 6.07) is 12.7. The van der Waals surface area contributed by atoms with Crippen molar-refractivity contribution in [3.05, 3.63) is 81.7 Å². The summed E-state index contributed by atoms with van der Waals surface area (Å²) in [5, 5.41) is 0.462. The number of halogens is 1. The summed E-state index contributed by atoms with van der Waals surface area (Å²) in [6.07, 6.45) is 0. The maximum atomic E-state index is 12.2. The van der Waals surface area contributed by atoms with E-state index >= 15 is 0 Å². The van der Waals surface area contributed by atoms with Gasteiger partial charge in [0.15, 0.2) is 0 Å². The second-order valence-electron chi connectivity index (χ2n) is 5.55. The second kappa shape index (κ2) is 6.57. The van der Waals surface area contributed by atoms with Crippen molar-refractivity contribution < 1.29 is 18.4 Å². The highest BCUT2D eigenvalue weighted by Gasteiger charge is 2.28. The molecule has 0 fully saturated rings. The lowest BCUT2D eigenvalue weighted by molar-refractivity contribution is 0.0599. The number of esters is 1. The smallest absolute Gasteiger partial charge is 0.338 e. The van der Waals surface area contributed by atoms with Gasteiger partial charge in [-0.2, -0.15) is 0 Å². The quantitative estimate of drug-likeness (QED) is 0.617. The van der Waals surface area contributed by atoms with Gasteiger partial charge in [-0.25, -0.2) is 4.79 Å². The van der Waals surface area contributed by atoms with E-state index in [1.165, 1.54) is 7.11 Å². The molecule has 3 rings (SSSR count). The fourth-order valence-electron chi connectivity index (χ4n) is 2.73. The molecule has 4 nitrogen and oxygen atoms in total. The van der Waals surface area contributed by atoms with Crippen LogP contribution in [-0.4, -0.2) is 13.1 Å². The first kappa shape index (κ1) is 16.4. The molecule has 0 radical (unpaired) electrons. The molecule has 0 amide bonds. The van der Waals surface area contributed by atoms with Gasteiger partial charge in [-0.3, -0.25) is 0 Å². The van der Waals surface area contributed by atoms with Crippen LogP contribution in [0.25, 0.3) is 0 Å². The van der Waals surface area contributed by atoms with Crippen LogP contribution < -0.4 is 0 Å². The molecule has 0 unspecified atom stereocenters. The third kappa shape index (κ3) is 3.10. The minimum Gasteiger partial charge on any atom is -0.465 e. The average molecular weight is 345 g/mol. The molecule has 0 spiro atoms. The highest BCUT2D eigenvalue weighted by molar-refractivity contribution is 6.31. The van der Waals surface area contributed by atoms with Crippen LogP contribution in [0.5, 0.6) is 0 Å². The second-order valence-corrected chi connectivity index (χ2v) is 5.99. The SMILES string of the molecule is COC(=O)c1cc(Cl)ccc1C(c1ccc(C)o1)c1ccc(C)o1. The summed E-state index contributed by atoms with van der Waals surface area (Å²) in [7, 11) is 1.34. The summed E-state index contributed by atoms with van der Waals surface area (Å²) >= 11 is 6.07. The first-order valence-corrected chi connectivity index (χ1v) is 7.88. The molecule has 2 heterocycles. The van der Waals surface area contributed by atoms with Crippen molar-refractivity contribution in [1.82, 2.24) is 0 Å². The van der Waals surface area contributed by atoms with Gasteiger partial charge in [0.1, 0.15) is 29.0 Å². The molecule has 1 aromatic carbocycles. The molecule has 0 saturated carbocycles. The van der Waals surface area contributed by atoms with Crippen LogP contribution in [0.4, 0.5) is 0 Å². The lowest BCUT2D eigenvalue weighted by Crippen LogP contribution is -2.11. The largest absolute Gasteiger partial charge is 0.465 e. The van der Waals surface area contributed by atoms with E-state index in [0.717, 1.165) is 17.1 Å². The average Bonchev–Trinajstić information content (AvgIpc) is 3.17. The van der Waals surface area contributed by atoms with E-state index in [1.807, 2.05) is 38.1 Å². The Balaban J connectivity index is 2.21. The predicted octanol–water partition coefficient (Wildman–Crippen LogP) is 5.11. The zero-order valence-corrected chi connectivity index (χ0v) is 14.4. The number of hydrogen-bond acceptors (Lipinski definition) is 4. The van der Waals surface area contributed by atoms with Gasteiger partial charge in [0, 0.05) is 5.02 Å². The van der Waals surface area contributed by atoms with Gasteiger partial charge in [0.25, 0.3) is 0 Å². The van der Waals surface area contributed by atoms with Gasteiger partial charge in [-0.15, -0.1) is 0 Å². The number of hydrogen-bond donors (Lipinski definition) is 0. The van der Waals surface area contributed by atoms with Crippen molar-refractivity contribution in [1.29, 1.82) is 0 Å². The first-order chi connectivity index (χ1) is 11.5. The Hall–Kier alpha value is -2.46. The van der Waals surface area contributed by atoms with E-state index in [9.17, 15) is 4.79 Å². The van der Waals surface area contributed by atoms with Crippen LogP contribution >= 0.6 is 11.6 Å². The molecule has 0 aliphatic rings. The Morgan fingerprint density at radius 2 is 1.58 bits per heavy atom. The molecule has 3 aromatic rings. The number of rotatable bonds is 4. The minimum atomic E-state index is -0.455. The van der Waals surface area contributed by atoms with Gasteiger partial charge in [0.05, 0.1) is 12.7 Å². The highest BCUT2D eigenvalue weighted by Crippen LogP contribution is 2.37. The molecular weight excluding hydrogens is 328 g/mol. The van der Waals surface area contributed by atoms with Crippen LogP contribution in [0.3, 0.4) is 0 Å². The summed E-state index contributed by atoms with van der Waals surface area (Å²) in [5.41, 5.74) is 1.10. The normalized spacial score (nSPS) is 11.0. The third-order valence-electron chi connectivity index (χ3n) is 3.82. The number of aryl methyl sites for hydroxylation is 2. The molecule has 0 aliphatic carbocycles. The van der Waals surface area contributed by atoms with E-state index in [4.69, 9.17) is 25.2 Å². The van der Waals surface area contributed by atoms with Gasteiger partial charge in [-0.1, -0.05) is 17.7 Å². The molecule has 0 bridgehead atoms. The molecule has 0 saturated heterocycles. The van der Waals surface area contributed by atoms with Gasteiger partial charge >= 0.3 is 5.97 Å².